The molecule has 0 amide bonds. The molecule has 1 heterocycles. The number of benzene rings is 2. The molecule has 2 aromatic carbocycles. The molecule has 3 rings (SSSR count). The molecule has 4 nitrogen and oxygen atoms in total. The van der Waals surface area contributed by atoms with E-state index in [0.29, 0.717) is 11.4 Å². The van der Waals surface area contributed by atoms with Gasteiger partial charge in [0, 0.05) is 28.5 Å². The van der Waals surface area contributed by atoms with E-state index in [0.717, 1.165) is 27.5 Å². The van der Waals surface area contributed by atoms with Gasteiger partial charge in [-0.25, -0.2) is 4.98 Å². The summed E-state index contributed by atoms with van der Waals surface area (Å²) in [5.41, 5.74) is 9.06. The van der Waals surface area contributed by atoms with Crippen LogP contribution in [0.3, 0.4) is 0 Å². The van der Waals surface area contributed by atoms with E-state index in [1.165, 1.54) is 17.7 Å². The molecular weight excluding hydrogens is 457 g/mol. The molecule has 1 atom stereocenters. The molecule has 30 heavy (non-hydrogen) atoms. The lowest BCUT2D eigenvalue weighted by molar-refractivity contribution is -0.141. The molecule has 0 aliphatic carbocycles. The second kappa shape index (κ2) is 8.55. The lowest BCUT2D eigenvalue weighted by atomic mass is 9.97. The minimum absolute atomic E-state index is 0.0444. The van der Waals surface area contributed by atoms with Crippen LogP contribution in [-0.4, -0.2) is 9.55 Å². The zero-order valence-electron chi connectivity index (χ0n) is 16.8. The van der Waals surface area contributed by atoms with Gasteiger partial charge in [-0.1, -0.05) is 52.7 Å². The lowest BCUT2D eigenvalue weighted by Gasteiger charge is -2.21. The van der Waals surface area contributed by atoms with Crippen LogP contribution in [0, 0.1) is 13.8 Å². The third-order valence-electron chi connectivity index (χ3n) is 4.89. The standard InChI is InChI=1S/C22H22BrF3N4/c1-13-4-6-16(7-5-13)14(2)19(11-27)29-18-10-17(23)8-9-20(18)30-12-21(22(24,25)26)28-15(30)3/h4-12,14,29H,27H2,1-3H3/b19-11-. The van der Waals surface area contributed by atoms with Crippen LogP contribution in [0.4, 0.5) is 18.9 Å². The van der Waals surface area contributed by atoms with E-state index in [-0.39, 0.29) is 11.7 Å². The lowest BCUT2D eigenvalue weighted by Crippen LogP contribution is -2.12. The summed E-state index contributed by atoms with van der Waals surface area (Å²) in [5.74, 6) is 0.189. The molecule has 158 valence electrons. The van der Waals surface area contributed by atoms with Gasteiger partial charge in [0.15, 0.2) is 5.69 Å². The van der Waals surface area contributed by atoms with Crippen LogP contribution < -0.4 is 11.1 Å². The monoisotopic (exact) mass is 478 g/mol. The number of halogens is 4. The third-order valence-corrected chi connectivity index (χ3v) is 5.39. The highest BCUT2D eigenvalue weighted by Crippen LogP contribution is 2.33. The normalized spacial score (nSPS) is 13.4. The number of hydrogen-bond acceptors (Lipinski definition) is 3. The highest BCUT2D eigenvalue weighted by molar-refractivity contribution is 9.10. The van der Waals surface area contributed by atoms with Crippen molar-refractivity contribution in [3.05, 3.63) is 87.7 Å². The van der Waals surface area contributed by atoms with Crippen molar-refractivity contribution in [3.8, 4) is 5.69 Å². The fourth-order valence-corrected chi connectivity index (χ4v) is 3.52. The minimum Gasteiger partial charge on any atom is -0.403 e. The number of rotatable bonds is 5. The summed E-state index contributed by atoms with van der Waals surface area (Å²) >= 11 is 3.43. The number of aryl methyl sites for hydroxylation is 2. The number of anilines is 1. The van der Waals surface area contributed by atoms with Gasteiger partial charge in [0.1, 0.15) is 5.82 Å². The molecule has 0 spiro atoms. The van der Waals surface area contributed by atoms with Crippen LogP contribution in [-0.2, 0) is 6.18 Å². The van der Waals surface area contributed by atoms with Crippen molar-refractivity contribution >= 4 is 21.6 Å². The van der Waals surface area contributed by atoms with Crippen LogP contribution in [0.5, 0.6) is 0 Å². The zero-order valence-corrected chi connectivity index (χ0v) is 18.3. The summed E-state index contributed by atoms with van der Waals surface area (Å²) < 4.78 is 41.6. The quantitative estimate of drug-likeness (QED) is 0.453. The minimum atomic E-state index is -4.51. The Balaban J connectivity index is 1.99. The molecule has 0 saturated heterocycles. The fourth-order valence-electron chi connectivity index (χ4n) is 3.16. The van der Waals surface area contributed by atoms with Gasteiger partial charge in [-0.3, -0.25) is 0 Å². The SMILES string of the molecule is Cc1ccc(C(C)/C(=C/N)Nc2cc(Br)ccc2-n2cc(C(F)(F)F)nc2C)cc1. The van der Waals surface area contributed by atoms with E-state index in [1.54, 1.807) is 18.2 Å². The maximum absolute atomic E-state index is 13.1. The second-order valence-corrected chi connectivity index (χ2v) is 8.00. The Morgan fingerprint density at radius 2 is 1.83 bits per heavy atom. The number of hydrogen-bond donors (Lipinski definition) is 2. The van der Waals surface area contributed by atoms with E-state index in [4.69, 9.17) is 5.73 Å². The summed E-state index contributed by atoms with van der Waals surface area (Å²) in [5, 5.41) is 3.30. The van der Waals surface area contributed by atoms with Crippen LogP contribution in [0.2, 0.25) is 0 Å². The molecule has 0 aliphatic heterocycles. The first kappa shape index (κ1) is 22.0. The molecule has 0 saturated carbocycles. The van der Waals surface area contributed by atoms with Gasteiger partial charge in [0.05, 0.1) is 11.4 Å². The molecule has 8 heteroatoms. The van der Waals surface area contributed by atoms with Gasteiger partial charge in [0.25, 0.3) is 0 Å². The zero-order chi connectivity index (χ0) is 22.1. The smallest absolute Gasteiger partial charge is 0.403 e. The van der Waals surface area contributed by atoms with Gasteiger partial charge in [0.2, 0.25) is 0 Å². The van der Waals surface area contributed by atoms with Crippen LogP contribution >= 0.6 is 15.9 Å². The second-order valence-electron chi connectivity index (χ2n) is 7.08. The summed E-state index contributed by atoms with van der Waals surface area (Å²) in [7, 11) is 0. The van der Waals surface area contributed by atoms with Crippen molar-refractivity contribution in [1.82, 2.24) is 9.55 Å². The molecule has 0 bridgehead atoms. The summed E-state index contributed by atoms with van der Waals surface area (Å²) in [4.78, 5) is 3.67. The Morgan fingerprint density at radius 3 is 2.40 bits per heavy atom. The molecular formula is C22H22BrF3N4. The van der Waals surface area contributed by atoms with Crippen molar-refractivity contribution in [2.24, 2.45) is 5.73 Å². The van der Waals surface area contributed by atoms with E-state index in [9.17, 15) is 13.2 Å². The van der Waals surface area contributed by atoms with E-state index < -0.39 is 11.9 Å². The average molecular weight is 479 g/mol. The Morgan fingerprint density at radius 1 is 1.17 bits per heavy atom. The predicted molar refractivity (Wildman–Crippen MR) is 116 cm³/mol. The topological polar surface area (TPSA) is 55.9 Å². The van der Waals surface area contributed by atoms with Crippen molar-refractivity contribution in [2.45, 2.75) is 32.9 Å². The first-order chi connectivity index (χ1) is 14.1. The van der Waals surface area contributed by atoms with Gasteiger partial charge in [-0.05, 0) is 37.6 Å². The maximum Gasteiger partial charge on any atom is 0.434 e. The highest BCUT2D eigenvalue weighted by atomic mass is 79.9. The first-order valence-electron chi connectivity index (χ1n) is 9.28. The van der Waals surface area contributed by atoms with Crippen molar-refractivity contribution in [3.63, 3.8) is 0 Å². The molecule has 0 radical (unpaired) electrons. The number of alkyl halides is 3. The third kappa shape index (κ3) is 4.70. The van der Waals surface area contributed by atoms with Crippen LogP contribution in [0.15, 0.2) is 65.0 Å². The number of nitrogens with two attached hydrogens (primary N) is 1. The first-order valence-corrected chi connectivity index (χ1v) is 10.1. The molecule has 1 aromatic heterocycles. The van der Waals surface area contributed by atoms with Gasteiger partial charge in [-0.2, -0.15) is 13.2 Å². The Kier molecular flexibility index (Phi) is 6.26. The molecule has 1 unspecified atom stereocenters. The molecule has 3 N–H and O–H groups in total. The van der Waals surface area contributed by atoms with Crippen molar-refractivity contribution in [1.29, 1.82) is 0 Å². The van der Waals surface area contributed by atoms with Crippen molar-refractivity contribution in [2.75, 3.05) is 5.32 Å². The maximum atomic E-state index is 13.1. The number of imidazole rings is 1. The number of nitrogens with one attached hydrogen (secondary N) is 1. The van der Waals surface area contributed by atoms with E-state index in [1.807, 2.05) is 38.1 Å². The Labute approximate surface area is 181 Å². The summed E-state index contributed by atoms with van der Waals surface area (Å²) in [6.07, 6.45) is -2.03. The molecule has 3 aromatic rings. The van der Waals surface area contributed by atoms with Crippen LogP contribution in [0.25, 0.3) is 5.69 Å². The van der Waals surface area contributed by atoms with Gasteiger partial charge in [-0.15, -0.1) is 0 Å². The Hall–Kier alpha value is -2.74. The summed E-state index contributed by atoms with van der Waals surface area (Å²) in [6, 6.07) is 13.4. The number of aromatic nitrogens is 2. The average Bonchev–Trinajstić information content (AvgIpc) is 3.08. The Bertz CT molecular complexity index is 1070. The van der Waals surface area contributed by atoms with Crippen LogP contribution in [0.1, 0.15) is 35.5 Å². The highest BCUT2D eigenvalue weighted by Gasteiger charge is 2.34. The van der Waals surface area contributed by atoms with Gasteiger partial charge >= 0.3 is 6.18 Å². The van der Waals surface area contributed by atoms with E-state index in [2.05, 4.69) is 26.2 Å². The predicted octanol–water partition coefficient (Wildman–Crippen LogP) is 6.29. The summed E-state index contributed by atoms with van der Waals surface area (Å²) in [6.45, 7) is 5.57. The molecule has 0 aliphatic rings. The van der Waals surface area contributed by atoms with Crippen molar-refractivity contribution < 1.29 is 13.2 Å². The number of nitrogens with zero attached hydrogens (tertiary/aromatic N) is 2. The molecule has 0 fully saturated rings. The largest absolute Gasteiger partial charge is 0.434 e. The fraction of sp³-hybridized carbons (Fsp3) is 0.227. The van der Waals surface area contributed by atoms with E-state index >= 15 is 0 Å². The van der Waals surface area contributed by atoms with Gasteiger partial charge < -0.3 is 15.6 Å². The number of allylic oxidation sites excluding steroid dienone is 1.